The molecule has 1 aromatic carbocycles. The molecule has 5 rings (SSSR count). The maximum absolute atomic E-state index is 13.1. The van der Waals surface area contributed by atoms with Crippen molar-refractivity contribution in [2.24, 2.45) is 0 Å². The van der Waals surface area contributed by atoms with E-state index in [1.807, 2.05) is 24.3 Å². The number of methoxy groups -OCH3 is 1. The Morgan fingerprint density at radius 3 is 2.93 bits per heavy atom. The highest BCUT2D eigenvalue weighted by atomic mass is 16.7. The summed E-state index contributed by atoms with van der Waals surface area (Å²) in [5.74, 6) is 1.27. The Morgan fingerprint density at radius 1 is 1.28 bits per heavy atom. The van der Waals surface area contributed by atoms with Crippen molar-refractivity contribution in [2.45, 2.75) is 18.9 Å². The van der Waals surface area contributed by atoms with Crippen molar-refractivity contribution in [1.82, 2.24) is 14.8 Å². The van der Waals surface area contributed by atoms with Gasteiger partial charge < -0.3 is 24.0 Å². The van der Waals surface area contributed by atoms with Crippen molar-refractivity contribution in [3.63, 3.8) is 0 Å². The number of rotatable bonds is 2. The van der Waals surface area contributed by atoms with E-state index in [4.69, 9.17) is 14.2 Å². The van der Waals surface area contributed by atoms with Crippen molar-refractivity contribution >= 4 is 11.8 Å². The highest BCUT2D eigenvalue weighted by Gasteiger charge is 2.43. The van der Waals surface area contributed by atoms with E-state index in [-0.39, 0.29) is 30.6 Å². The van der Waals surface area contributed by atoms with Gasteiger partial charge in [-0.15, -0.1) is 0 Å². The molecule has 0 bridgehead atoms. The fraction of sp³-hybridized carbons (Fsp3) is 0.286. The molecule has 148 valence electrons. The summed E-state index contributed by atoms with van der Waals surface area (Å²) in [6.45, 7) is 2.03. The normalized spacial score (nSPS) is 21.7. The average Bonchev–Trinajstić information content (AvgIpc) is 3.22. The predicted octanol–water partition coefficient (Wildman–Crippen LogP) is 2.11. The van der Waals surface area contributed by atoms with Gasteiger partial charge in [0.05, 0.1) is 13.2 Å². The van der Waals surface area contributed by atoms with Gasteiger partial charge in [0.25, 0.3) is 5.91 Å². The second-order valence-electron chi connectivity index (χ2n) is 7.13. The smallest absolute Gasteiger partial charge is 0.277 e. The summed E-state index contributed by atoms with van der Waals surface area (Å²) in [6.07, 6.45) is 4.92. The third-order valence-electron chi connectivity index (χ3n) is 5.59. The van der Waals surface area contributed by atoms with E-state index in [2.05, 4.69) is 4.98 Å². The van der Waals surface area contributed by atoms with Crippen molar-refractivity contribution in [2.75, 3.05) is 20.4 Å². The lowest BCUT2D eigenvalue weighted by molar-refractivity contribution is -0.127. The Bertz CT molecular complexity index is 1050. The topological polar surface area (TPSA) is 81.2 Å². The summed E-state index contributed by atoms with van der Waals surface area (Å²) in [6, 6.07) is 7.27. The Labute approximate surface area is 167 Å². The molecule has 8 heteroatoms. The number of carbonyl (C=O) groups excluding carboxylic acids is 2. The predicted molar refractivity (Wildman–Crippen MR) is 102 cm³/mol. The van der Waals surface area contributed by atoms with Crippen molar-refractivity contribution in [1.29, 1.82) is 0 Å². The largest absolute Gasteiger partial charge is 0.493 e. The van der Waals surface area contributed by atoms with Crippen molar-refractivity contribution in [3.8, 4) is 17.2 Å². The number of aromatic nitrogens is 1. The molecule has 0 N–H and O–H groups in total. The lowest BCUT2D eigenvalue weighted by Crippen LogP contribution is -2.53. The minimum Gasteiger partial charge on any atom is -0.493 e. The molecule has 0 spiro atoms. The third-order valence-corrected chi connectivity index (χ3v) is 5.59. The Kier molecular flexibility index (Phi) is 3.94. The molecular formula is C21H19N3O5. The second kappa shape index (κ2) is 6.51. The zero-order valence-electron chi connectivity index (χ0n) is 16.0. The fourth-order valence-corrected chi connectivity index (χ4v) is 4.24. The van der Waals surface area contributed by atoms with E-state index < -0.39 is 0 Å². The van der Waals surface area contributed by atoms with Crippen LogP contribution < -0.4 is 14.2 Å². The zero-order valence-corrected chi connectivity index (χ0v) is 16.0. The van der Waals surface area contributed by atoms with Gasteiger partial charge in [-0.05, 0) is 29.3 Å². The van der Waals surface area contributed by atoms with Gasteiger partial charge in [0.1, 0.15) is 5.69 Å². The first-order valence-corrected chi connectivity index (χ1v) is 9.29. The molecule has 0 aliphatic carbocycles. The first kappa shape index (κ1) is 17.5. The highest BCUT2D eigenvalue weighted by molar-refractivity contribution is 5.97. The molecule has 2 atom stereocenters. The molecule has 2 amide bonds. The first-order chi connectivity index (χ1) is 14.1. The van der Waals surface area contributed by atoms with Gasteiger partial charge in [0.15, 0.2) is 11.5 Å². The SMILES string of the molecule is COc1cc([C@H]2c3cccnc3C(=O)N3C=CN(C(C)=O)C[C@H]23)cc2c1OCO2. The van der Waals surface area contributed by atoms with Gasteiger partial charge in [-0.25, -0.2) is 0 Å². The molecule has 4 heterocycles. The van der Waals surface area contributed by atoms with Crippen LogP contribution in [0.3, 0.4) is 0 Å². The standard InChI is InChI=1S/C21H19N3O5/c1-12(25)23-6-7-24-15(10-23)18(14-4-3-5-22-19(14)21(24)26)13-8-16(27-2)20-17(9-13)28-11-29-20/h3-9,15,18H,10-11H2,1-2H3/t15-,18+/m1/s1. The monoisotopic (exact) mass is 393 g/mol. The van der Waals surface area contributed by atoms with E-state index in [1.54, 1.807) is 35.5 Å². The van der Waals surface area contributed by atoms with Crippen LogP contribution in [-0.2, 0) is 4.79 Å². The number of nitrogens with zero attached hydrogens (tertiary/aromatic N) is 3. The zero-order chi connectivity index (χ0) is 20.1. The third kappa shape index (κ3) is 2.63. The molecule has 8 nitrogen and oxygen atoms in total. The van der Waals surface area contributed by atoms with Crippen LogP contribution in [0.5, 0.6) is 17.2 Å². The molecule has 3 aliphatic heterocycles. The molecule has 0 radical (unpaired) electrons. The van der Waals surface area contributed by atoms with E-state index >= 15 is 0 Å². The molecule has 0 unspecified atom stereocenters. The number of carbonyl (C=O) groups is 2. The molecule has 0 saturated heterocycles. The first-order valence-electron chi connectivity index (χ1n) is 9.29. The molecule has 3 aliphatic rings. The van der Waals surface area contributed by atoms with Gasteiger partial charge in [0, 0.05) is 38.0 Å². The van der Waals surface area contributed by atoms with Crippen LogP contribution in [0, 0.1) is 0 Å². The lowest BCUT2D eigenvalue weighted by Gasteiger charge is -2.44. The summed E-state index contributed by atoms with van der Waals surface area (Å²) in [7, 11) is 1.58. The number of benzene rings is 1. The molecule has 29 heavy (non-hydrogen) atoms. The van der Waals surface area contributed by atoms with Crippen LogP contribution in [0.4, 0.5) is 0 Å². The summed E-state index contributed by atoms with van der Waals surface area (Å²) >= 11 is 0. The molecule has 0 saturated carbocycles. The number of hydrogen-bond donors (Lipinski definition) is 0. The van der Waals surface area contributed by atoms with Crippen LogP contribution in [0.2, 0.25) is 0 Å². The Hall–Kier alpha value is -3.55. The molecule has 1 aromatic heterocycles. The maximum atomic E-state index is 13.1. The molecule has 0 fully saturated rings. The van der Waals surface area contributed by atoms with Gasteiger partial charge in [-0.3, -0.25) is 14.6 Å². The Morgan fingerprint density at radius 2 is 2.14 bits per heavy atom. The summed E-state index contributed by atoms with van der Waals surface area (Å²) in [5.41, 5.74) is 2.13. The fourth-order valence-electron chi connectivity index (χ4n) is 4.24. The summed E-state index contributed by atoms with van der Waals surface area (Å²) in [4.78, 5) is 32.7. The van der Waals surface area contributed by atoms with Crippen LogP contribution in [-0.4, -0.2) is 53.1 Å². The highest BCUT2D eigenvalue weighted by Crippen LogP contribution is 2.47. The van der Waals surface area contributed by atoms with Crippen molar-refractivity contribution < 1.29 is 23.8 Å². The summed E-state index contributed by atoms with van der Waals surface area (Å²) in [5, 5.41) is 0. The number of ether oxygens (including phenoxy) is 3. The second-order valence-corrected chi connectivity index (χ2v) is 7.13. The van der Waals surface area contributed by atoms with E-state index in [9.17, 15) is 9.59 Å². The quantitative estimate of drug-likeness (QED) is 0.777. The van der Waals surface area contributed by atoms with Gasteiger partial charge in [-0.2, -0.15) is 0 Å². The van der Waals surface area contributed by atoms with E-state index in [0.29, 0.717) is 29.5 Å². The van der Waals surface area contributed by atoms with Crippen LogP contribution >= 0.6 is 0 Å². The number of hydrogen-bond acceptors (Lipinski definition) is 6. The van der Waals surface area contributed by atoms with Crippen LogP contribution in [0.25, 0.3) is 0 Å². The van der Waals surface area contributed by atoms with Gasteiger partial charge in [0.2, 0.25) is 18.4 Å². The maximum Gasteiger partial charge on any atom is 0.277 e. The van der Waals surface area contributed by atoms with Gasteiger partial charge >= 0.3 is 0 Å². The average molecular weight is 393 g/mol. The summed E-state index contributed by atoms with van der Waals surface area (Å²) < 4.78 is 16.6. The number of pyridine rings is 1. The van der Waals surface area contributed by atoms with Gasteiger partial charge in [-0.1, -0.05) is 6.07 Å². The van der Waals surface area contributed by atoms with E-state index in [0.717, 1.165) is 11.1 Å². The van der Waals surface area contributed by atoms with Crippen LogP contribution in [0.1, 0.15) is 34.5 Å². The number of fused-ring (bicyclic) bond motifs is 3. The molecule has 2 aromatic rings. The Balaban J connectivity index is 1.69. The molecular weight excluding hydrogens is 374 g/mol. The van der Waals surface area contributed by atoms with E-state index in [1.165, 1.54) is 6.92 Å². The van der Waals surface area contributed by atoms with Crippen molar-refractivity contribution in [3.05, 3.63) is 59.7 Å². The minimum absolute atomic E-state index is 0.0765. The lowest BCUT2D eigenvalue weighted by atomic mass is 9.79. The van der Waals surface area contributed by atoms with Crippen LogP contribution in [0.15, 0.2) is 42.9 Å². The number of amides is 2. The minimum atomic E-state index is -0.279.